The summed E-state index contributed by atoms with van der Waals surface area (Å²) >= 11 is 0. The van der Waals surface area contributed by atoms with E-state index in [4.69, 9.17) is 10.2 Å². The number of ether oxygens (including phenoxy) is 2. The molecule has 0 aromatic heterocycles. The smallest absolute Gasteiger partial charge is 0.375 e. The summed E-state index contributed by atoms with van der Waals surface area (Å²) in [6, 6.07) is 0. The maximum absolute atomic E-state index is 10.6. The van der Waals surface area contributed by atoms with Gasteiger partial charge in [0, 0.05) is 0 Å². The van der Waals surface area contributed by atoms with E-state index in [2.05, 4.69) is 9.47 Å². The van der Waals surface area contributed by atoms with Gasteiger partial charge in [-0.25, -0.2) is 9.59 Å². The van der Waals surface area contributed by atoms with Gasteiger partial charge in [-0.3, -0.25) is 0 Å². The van der Waals surface area contributed by atoms with Crippen molar-refractivity contribution in [1.29, 1.82) is 0 Å². The molecule has 6 heteroatoms. The Labute approximate surface area is 80.7 Å². The summed E-state index contributed by atoms with van der Waals surface area (Å²) in [5.41, 5.74) is 0. The molecule has 80 valence electrons. The Morgan fingerprint density at radius 2 is 1.21 bits per heavy atom. The maximum Gasteiger partial charge on any atom is 0.375 e. The standard InChI is InChI=1S/C8H12O6/c1-3-13-5(7(9)10)6(8(11)12)14-4-2/h3-4H2,1-2H3,(H,9,10)(H,11,12)/b6-5-. The molecule has 0 bridgehead atoms. The van der Waals surface area contributed by atoms with Crippen LogP contribution < -0.4 is 0 Å². The van der Waals surface area contributed by atoms with E-state index in [0.717, 1.165) is 0 Å². The lowest BCUT2D eigenvalue weighted by molar-refractivity contribution is -0.142. The first kappa shape index (κ1) is 12.3. The van der Waals surface area contributed by atoms with E-state index in [1.807, 2.05) is 0 Å². The second kappa shape index (κ2) is 5.85. The fourth-order valence-electron chi connectivity index (χ4n) is 0.737. The molecule has 0 amide bonds. The highest BCUT2D eigenvalue weighted by atomic mass is 16.5. The molecule has 0 aliphatic heterocycles. The van der Waals surface area contributed by atoms with E-state index in [1.54, 1.807) is 13.8 Å². The molecule has 14 heavy (non-hydrogen) atoms. The molecule has 2 N–H and O–H groups in total. The van der Waals surface area contributed by atoms with Crippen LogP contribution in [0.1, 0.15) is 13.8 Å². The van der Waals surface area contributed by atoms with Gasteiger partial charge >= 0.3 is 11.9 Å². The third-order valence-corrected chi connectivity index (χ3v) is 1.17. The van der Waals surface area contributed by atoms with E-state index in [-0.39, 0.29) is 13.2 Å². The summed E-state index contributed by atoms with van der Waals surface area (Å²) in [5.74, 6) is -4.28. The van der Waals surface area contributed by atoms with Crippen LogP contribution >= 0.6 is 0 Å². The molecular weight excluding hydrogens is 192 g/mol. The van der Waals surface area contributed by atoms with Gasteiger partial charge in [0.1, 0.15) is 0 Å². The fourth-order valence-corrected chi connectivity index (χ4v) is 0.737. The summed E-state index contributed by atoms with van der Waals surface area (Å²) in [4.78, 5) is 21.2. The third-order valence-electron chi connectivity index (χ3n) is 1.17. The van der Waals surface area contributed by atoms with E-state index in [9.17, 15) is 9.59 Å². The molecule has 0 aliphatic rings. The molecule has 6 nitrogen and oxygen atoms in total. The molecule has 0 unspecified atom stereocenters. The lowest BCUT2D eigenvalue weighted by Crippen LogP contribution is -2.16. The van der Waals surface area contributed by atoms with Crippen LogP contribution in [0, 0.1) is 0 Å². The van der Waals surface area contributed by atoms with Gasteiger partial charge in [0.2, 0.25) is 0 Å². The molecule has 0 saturated heterocycles. The Balaban J connectivity index is 5.03. The average molecular weight is 204 g/mol. The highest BCUT2D eigenvalue weighted by Crippen LogP contribution is 2.09. The monoisotopic (exact) mass is 204 g/mol. The number of carboxylic acid groups (broad SMARTS) is 2. The van der Waals surface area contributed by atoms with Crippen LogP contribution in [0.25, 0.3) is 0 Å². The average Bonchev–Trinajstić information content (AvgIpc) is 2.10. The quantitative estimate of drug-likeness (QED) is 0.481. The van der Waals surface area contributed by atoms with Crippen LogP contribution in [0.15, 0.2) is 11.5 Å². The van der Waals surface area contributed by atoms with Gasteiger partial charge in [-0.1, -0.05) is 0 Å². The van der Waals surface area contributed by atoms with Crippen LogP contribution in [-0.2, 0) is 19.1 Å². The Morgan fingerprint density at radius 1 is 0.929 bits per heavy atom. The van der Waals surface area contributed by atoms with Gasteiger partial charge in [-0.05, 0) is 13.8 Å². The lowest BCUT2D eigenvalue weighted by Gasteiger charge is -2.08. The number of hydrogen-bond donors (Lipinski definition) is 2. The van der Waals surface area contributed by atoms with Crippen molar-refractivity contribution in [2.24, 2.45) is 0 Å². The van der Waals surface area contributed by atoms with Crippen LogP contribution in [-0.4, -0.2) is 35.4 Å². The van der Waals surface area contributed by atoms with Gasteiger partial charge in [-0.2, -0.15) is 0 Å². The molecular formula is C8H12O6. The second-order valence-corrected chi connectivity index (χ2v) is 2.13. The third kappa shape index (κ3) is 3.34. The number of aliphatic carboxylic acids is 2. The molecule has 0 aliphatic carbocycles. The van der Waals surface area contributed by atoms with Gasteiger partial charge in [-0.15, -0.1) is 0 Å². The topological polar surface area (TPSA) is 93.1 Å². The molecule has 0 radical (unpaired) electrons. The van der Waals surface area contributed by atoms with Crippen molar-refractivity contribution in [1.82, 2.24) is 0 Å². The summed E-state index contributed by atoms with van der Waals surface area (Å²) in [6.45, 7) is 3.22. The van der Waals surface area contributed by atoms with Crippen molar-refractivity contribution in [2.45, 2.75) is 13.8 Å². The van der Waals surface area contributed by atoms with Crippen molar-refractivity contribution in [3.8, 4) is 0 Å². The minimum Gasteiger partial charge on any atom is -0.484 e. The predicted octanol–water partition coefficient (Wildman–Crippen LogP) is 0.440. The zero-order valence-corrected chi connectivity index (χ0v) is 7.94. The maximum atomic E-state index is 10.6. The lowest BCUT2D eigenvalue weighted by atomic mass is 10.4. The van der Waals surface area contributed by atoms with E-state index >= 15 is 0 Å². The van der Waals surface area contributed by atoms with Crippen molar-refractivity contribution in [3.05, 3.63) is 11.5 Å². The SMILES string of the molecule is CCO/C(C(=O)O)=C(\OCC)C(=O)O. The van der Waals surface area contributed by atoms with Crippen LogP contribution in [0.5, 0.6) is 0 Å². The number of carbonyl (C=O) groups is 2. The molecule has 0 spiro atoms. The summed E-state index contributed by atoms with van der Waals surface area (Å²) < 4.78 is 9.31. The second-order valence-electron chi connectivity index (χ2n) is 2.13. The number of carboxylic acids is 2. The fraction of sp³-hybridized carbons (Fsp3) is 0.500. The van der Waals surface area contributed by atoms with Gasteiger partial charge in [0.25, 0.3) is 11.5 Å². The predicted molar refractivity (Wildman–Crippen MR) is 45.5 cm³/mol. The molecule has 0 heterocycles. The minimum absolute atomic E-state index is 0.0610. The Hall–Kier alpha value is -1.72. The first-order valence-corrected chi connectivity index (χ1v) is 4.01. The Bertz CT molecular complexity index is 229. The van der Waals surface area contributed by atoms with Crippen LogP contribution in [0.2, 0.25) is 0 Å². The van der Waals surface area contributed by atoms with Crippen LogP contribution in [0.4, 0.5) is 0 Å². The zero-order valence-electron chi connectivity index (χ0n) is 7.94. The minimum atomic E-state index is -1.46. The Kier molecular flexibility index (Phi) is 5.13. The Morgan fingerprint density at radius 3 is 1.36 bits per heavy atom. The van der Waals surface area contributed by atoms with Gasteiger partial charge in [0.15, 0.2) is 0 Å². The molecule has 0 fully saturated rings. The zero-order chi connectivity index (χ0) is 11.1. The first-order chi connectivity index (χ1) is 6.54. The summed E-state index contributed by atoms with van der Waals surface area (Å²) in [7, 11) is 0. The summed E-state index contributed by atoms with van der Waals surface area (Å²) in [5, 5.41) is 17.2. The normalized spacial score (nSPS) is 11.6. The van der Waals surface area contributed by atoms with Gasteiger partial charge < -0.3 is 19.7 Å². The van der Waals surface area contributed by atoms with Crippen molar-refractivity contribution in [2.75, 3.05) is 13.2 Å². The largest absolute Gasteiger partial charge is 0.484 e. The highest BCUT2D eigenvalue weighted by molar-refractivity contribution is 5.95. The number of hydrogen-bond acceptors (Lipinski definition) is 4. The highest BCUT2D eigenvalue weighted by Gasteiger charge is 2.23. The molecule has 0 saturated carbocycles. The molecule has 0 rings (SSSR count). The van der Waals surface area contributed by atoms with Crippen molar-refractivity contribution in [3.63, 3.8) is 0 Å². The number of rotatable bonds is 6. The van der Waals surface area contributed by atoms with E-state index in [0.29, 0.717) is 0 Å². The van der Waals surface area contributed by atoms with Crippen molar-refractivity contribution >= 4 is 11.9 Å². The molecule has 0 aromatic carbocycles. The molecule has 0 atom stereocenters. The van der Waals surface area contributed by atoms with E-state index in [1.165, 1.54) is 0 Å². The van der Waals surface area contributed by atoms with Crippen LogP contribution in [0.3, 0.4) is 0 Å². The van der Waals surface area contributed by atoms with Gasteiger partial charge in [0.05, 0.1) is 13.2 Å². The van der Waals surface area contributed by atoms with E-state index < -0.39 is 23.5 Å². The first-order valence-electron chi connectivity index (χ1n) is 4.01. The molecule has 0 aromatic rings. The van der Waals surface area contributed by atoms with Crippen molar-refractivity contribution < 1.29 is 29.3 Å². The summed E-state index contributed by atoms with van der Waals surface area (Å²) in [6.07, 6.45) is 0.